The van der Waals surface area contributed by atoms with Crippen molar-refractivity contribution in [3.63, 3.8) is 0 Å². The zero-order chi connectivity index (χ0) is 15.2. The van der Waals surface area contributed by atoms with E-state index in [2.05, 4.69) is 5.32 Å². The first-order valence-corrected chi connectivity index (χ1v) is 6.98. The SMILES string of the molecule is O=C(COc1ccc2c(c1)CCC2)NCCC(O)C(=O)O. The molecule has 0 fully saturated rings. The number of carboxylic acid groups (broad SMARTS) is 1. The van der Waals surface area contributed by atoms with Crippen LogP contribution < -0.4 is 10.1 Å². The molecule has 6 nitrogen and oxygen atoms in total. The molecule has 0 aliphatic heterocycles. The average molecular weight is 293 g/mol. The van der Waals surface area contributed by atoms with Crippen LogP contribution in [0.1, 0.15) is 24.0 Å². The van der Waals surface area contributed by atoms with E-state index in [1.165, 1.54) is 11.1 Å². The molecular weight excluding hydrogens is 274 g/mol. The van der Waals surface area contributed by atoms with E-state index in [0.29, 0.717) is 5.75 Å². The van der Waals surface area contributed by atoms with Gasteiger partial charge in [0.1, 0.15) is 5.75 Å². The van der Waals surface area contributed by atoms with Crippen LogP contribution in [-0.2, 0) is 22.4 Å². The number of carboxylic acids is 1. The van der Waals surface area contributed by atoms with Gasteiger partial charge in [-0.3, -0.25) is 4.79 Å². The summed E-state index contributed by atoms with van der Waals surface area (Å²) in [5, 5.41) is 20.0. The number of aryl methyl sites for hydroxylation is 2. The first-order valence-electron chi connectivity index (χ1n) is 6.98. The summed E-state index contributed by atoms with van der Waals surface area (Å²) in [5.74, 6) is -0.969. The highest BCUT2D eigenvalue weighted by Crippen LogP contribution is 2.25. The third-order valence-corrected chi connectivity index (χ3v) is 3.46. The molecule has 1 aromatic carbocycles. The predicted molar refractivity (Wildman–Crippen MR) is 75.2 cm³/mol. The number of carbonyl (C=O) groups excluding carboxylic acids is 1. The fourth-order valence-electron chi connectivity index (χ4n) is 2.31. The Morgan fingerprint density at radius 2 is 2.05 bits per heavy atom. The van der Waals surface area contributed by atoms with E-state index < -0.39 is 12.1 Å². The van der Waals surface area contributed by atoms with Crippen LogP contribution in [-0.4, -0.2) is 41.3 Å². The number of fused-ring (bicyclic) bond motifs is 1. The molecule has 0 saturated carbocycles. The lowest BCUT2D eigenvalue weighted by Crippen LogP contribution is -2.33. The summed E-state index contributed by atoms with van der Waals surface area (Å²) in [5.41, 5.74) is 2.62. The summed E-state index contributed by atoms with van der Waals surface area (Å²) in [4.78, 5) is 21.9. The van der Waals surface area contributed by atoms with Crippen molar-refractivity contribution in [2.45, 2.75) is 31.8 Å². The zero-order valence-electron chi connectivity index (χ0n) is 11.7. The second-order valence-electron chi connectivity index (χ2n) is 5.07. The Balaban J connectivity index is 1.70. The Morgan fingerprint density at radius 3 is 2.81 bits per heavy atom. The number of ether oxygens (including phenoxy) is 1. The highest BCUT2D eigenvalue weighted by molar-refractivity contribution is 5.77. The van der Waals surface area contributed by atoms with Crippen molar-refractivity contribution in [2.75, 3.05) is 13.2 Å². The van der Waals surface area contributed by atoms with Crippen molar-refractivity contribution in [2.24, 2.45) is 0 Å². The number of hydrogen-bond donors (Lipinski definition) is 3. The third-order valence-electron chi connectivity index (χ3n) is 3.46. The minimum Gasteiger partial charge on any atom is -0.484 e. The number of rotatable bonds is 7. The minimum atomic E-state index is -1.46. The summed E-state index contributed by atoms with van der Waals surface area (Å²) in [7, 11) is 0. The van der Waals surface area contributed by atoms with Gasteiger partial charge in [-0.2, -0.15) is 0 Å². The van der Waals surface area contributed by atoms with Crippen molar-refractivity contribution >= 4 is 11.9 Å². The van der Waals surface area contributed by atoms with Gasteiger partial charge in [0.05, 0.1) is 0 Å². The van der Waals surface area contributed by atoms with Gasteiger partial charge in [0.25, 0.3) is 5.91 Å². The van der Waals surface area contributed by atoms with Crippen LogP contribution in [0.25, 0.3) is 0 Å². The molecule has 0 radical (unpaired) electrons. The van der Waals surface area contributed by atoms with E-state index in [-0.39, 0.29) is 25.5 Å². The number of nitrogens with one attached hydrogen (secondary N) is 1. The molecular formula is C15H19NO5. The molecule has 1 unspecified atom stereocenters. The third kappa shape index (κ3) is 4.46. The molecule has 6 heteroatoms. The number of aliphatic carboxylic acids is 1. The predicted octanol–water partition coefficient (Wildman–Crippen LogP) is 0.506. The molecule has 21 heavy (non-hydrogen) atoms. The van der Waals surface area contributed by atoms with Crippen molar-refractivity contribution < 1.29 is 24.5 Å². The van der Waals surface area contributed by atoms with Gasteiger partial charge in [-0.1, -0.05) is 6.07 Å². The molecule has 1 aliphatic carbocycles. The smallest absolute Gasteiger partial charge is 0.332 e. The van der Waals surface area contributed by atoms with Gasteiger partial charge < -0.3 is 20.3 Å². The lowest BCUT2D eigenvalue weighted by molar-refractivity contribution is -0.147. The van der Waals surface area contributed by atoms with E-state index in [0.717, 1.165) is 19.3 Å². The maximum Gasteiger partial charge on any atom is 0.332 e. The van der Waals surface area contributed by atoms with E-state index in [1.54, 1.807) is 0 Å². The summed E-state index contributed by atoms with van der Waals surface area (Å²) in [6, 6.07) is 5.84. The number of hydrogen-bond acceptors (Lipinski definition) is 4. The standard InChI is InChI=1S/C15H19NO5/c17-13(15(19)20)6-7-16-14(18)9-21-12-5-4-10-2-1-3-11(10)8-12/h4-5,8,13,17H,1-3,6-7,9H2,(H,16,18)(H,19,20). The number of carbonyl (C=O) groups is 2. The second-order valence-corrected chi connectivity index (χ2v) is 5.07. The van der Waals surface area contributed by atoms with Crippen LogP contribution in [0.5, 0.6) is 5.75 Å². The van der Waals surface area contributed by atoms with Crippen LogP contribution in [0.3, 0.4) is 0 Å². The van der Waals surface area contributed by atoms with Gasteiger partial charge in [-0.25, -0.2) is 4.79 Å². The molecule has 0 spiro atoms. The lowest BCUT2D eigenvalue weighted by atomic mass is 10.1. The van der Waals surface area contributed by atoms with Gasteiger partial charge in [0.2, 0.25) is 0 Å². The van der Waals surface area contributed by atoms with Gasteiger partial charge in [-0.05, 0) is 42.5 Å². The summed E-state index contributed by atoms with van der Waals surface area (Å²) in [6.07, 6.45) is 1.82. The first-order chi connectivity index (χ1) is 10.1. The quantitative estimate of drug-likeness (QED) is 0.680. The molecule has 1 aliphatic rings. The minimum absolute atomic E-state index is 0.0279. The number of aliphatic hydroxyl groups is 1. The van der Waals surface area contributed by atoms with Crippen molar-refractivity contribution in [3.8, 4) is 5.75 Å². The van der Waals surface area contributed by atoms with Crippen LogP contribution in [0.15, 0.2) is 18.2 Å². The number of benzene rings is 1. The molecule has 1 amide bonds. The summed E-state index contributed by atoms with van der Waals surface area (Å²) >= 11 is 0. The van der Waals surface area contributed by atoms with Gasteiger partial charge >= 0.3 is 5.97 Å². The molecule has 0 heterocycles. The molecule has 1 aromatic rings. The maximum atomic E-state index is 11.5. The van der Waals surface area contributed by atoms with Crippen LogP contribution in [0.4, 0.5) is 0 Å². The Bertz CT molecular complexity index is 529. The average Bonchev–Trinajstić information content (AvgIpc) is 2.92. The molecule has 0 saturated heterocycles. The first kappa shape index (κ1) is 15.3. The van der Waals surface area contributed by atoms with E-state index in [1.807, 2.05) is 18.2 Å². The normalized spacial score (nSPS) is 14.3. The van der Waals surface area contributed by atoms with Gasteiger partial charge in [-0.15, -0.1) is 0 Å². The van der Waals surface area contributed by atoms with E-state index in [9.17, 15) is 9.59 Å². The second kappa shape index (κ2) is 7.08. The van der Waals surface area contributed by atoms with Crippen molar-refractivity contribution in [3.05, 3.63) is 29.3 Å². The molecule has 0 bridgehead atoms. The molecule has 0 aromatic heterocycles. The highest BCUT2D eigenvalue weighted by atomic mass is 16.5. The lowest BCUT2D eigenvalue weighted by Gasteiger charge is -2.09. The summed E-state index contributed by atoms with van der Waals surface area (Å²) in [6.45, 7) is -0.0260. The molecule has 2 rings (SSSR count). The monoisotopic (exact) mass is 293 g/mol. The van der Waals surface area contributed by atoms with Crippen LogP contribution in [0.2, 0.25) is 0 Å². The fraction of sp³-hybridized carbons (Fsp3) is 0.467. The number of amides is 1. The van der Waals surface area contributed by atoms with Crippen molar-refractivity contribution in [1.29, 1.82) is 0 Å². The van der Waals surface area contributed by atoms with Gasteiger partial charge in [0.15, 0.2) is 12.7 Å². The Kier molecular flexibility index (Phi) is 5.16. The summed E-state index contributed by atoms with van der Waals surface area (Å²) < 4.78 is 5.41. The Hall–Kier alpha value is -2.08. The zero-order valence-corrected chi connectivity index (χ0v) is 11.7. The van der Waals surface area contributed by atoms with Crippen molar-refractivity contribution in [1.82, 2.24) is 5.32 Å². The Morgan fingerprint density at radius 1 is 1.29 bits per heavy atom. The van der Waals surface area contributed by atoms with Gasteiger partial charge in [0, 0.05) is 13.0 Å². The highest BCUT2D eigenvalue weighted by Gasteiger charge is 2.14. The Labute approximate surface area is 122 Å². The largest absolute Gasteiger partial charge is 0.484 e. The molecule has 1 atom stereocenters. The fourth-order valence-corrected chi connectivity index (χ4v) is 2.31. The molecule has 3 N–H and O–H groups in total. The van der Waals surface area contributed by atoms with Crippen LogP contribution in [0, 0.1) is 0 Å². The van der Waals surface area contributed by atoms with E-state index in [4.69, 9.17) is 14.9 Å². The van der Waals surface area contributed by atoms with E-state index >= 15 is 0 Å². The van der Waals surface area contributed by atoms with Crippen LogP contribution >= 0.6 is 0 Å². The maximum absolute atomic E-state index is 11.5. The topological polar surface area (TPSA) is 95.9 Å². The molecule has 114 valence electrons. The number of aliphatic hydroxyl groups excluding tert-OH is 1.